The van der Waals surface area contributed by atoms with E-state index in [4.69, 9.17) is 0 Å². The molecule has 6 nitrogen and oxygen atoms in total. The molecule has 0 aromatic heterocycles. The number of urea groups is 1. The van der Waals surface area contributed by atoms with E-state index in [9.17, 15) is 9.59 Å². The first-order valence-electron chi connectivity index (χ1n) is 8.68. The lowest BCUT2D eigenvalue weighted by Crippen LogP contribution is -2.43. The van der Waals surface area contributed by atoms with Crippen molar-refractivity contribution in [2.24, 2.45) is 0 Å². The van der Waals surface area contributed by atoms with Crippen molar-refractivity contribution in [3.63, 3.8) is 0 Å². The second-order valence-electron chi connectivity index (χ2n) is 6.29. The third-order valence-corrected chi connectivity index (χ3v) is 4.11. The molecule has 0 radical (unpaired) electrons. The Morgan fingerprint density at radius 1 is 1.12 bits per heavy atom. The third kappa shape index (κ3) is 5.85. The fourth-order valence-corrected chi connectivity index (χ4v) is 2.95. The summed E-state index contributed by atoms with van der Waals surface area (Å²) in [6.07, 6.45) is 3.87. The van der Waals surface area contributed by atoms with Crippen LogP contribution in [0.1, 0.15) is 31.7 Å². The molecule has 1 heterocycles. The molecule has 2 rings (SSSR count). The Bertz CT molecular complexity index is 538. The molecule has 1 fully saturated rings. The number of rotatable bonds is 6. The highest BCUT2D eigenvalue weighted by Crippen LogP contribution is 2.20. The summed E-state index contributed by atoms with van der Waals surface area (Å²) in [5.41, 5.74) is 2.43. The molecule has 6 heteroatoms. The van der Waals surface area contributed by atoms with Crippen LogP contribution in [0.15, 0.2) is 24.3 Å². The lowest BCUT2D eigenvalue weighted by Gasteiger charge is -2.29. The van der Waals surface area contributed by atoms with Crippen molar-refractivity contribution in [1.82, 2.24) is 15.5 Å². The molecular weight excluding hydrogens is 304 g/mol. The van der Waals surface area contributed by atoms with E-state index >= 15 is 0 Å². The lowest BCUT2D eigenvalue weighted by molar-refractivity contribution is -0.120. The van der Waals surface area contributed by atoms with Crippen molar-refractivity contribution in [3.8, 4) is 0 Å². The number of likely N-dealkylation sites (N-methyl/N-ethyl adjacent to an activating group) is 1. The van der Waals surface area contributed by atoms with Crippen LogP contribution in [-0.4, -0.2) is 50.1 Å². The minimum absolute atomic E-state index is 0.186. The number of nitrogens with zero attached hydrogens (tertiary/aromatic N) is 2. The standard InChI is InChI=1S/C18H28N4O2/c1-3-19-18(24)20-17(23)14-21(2)13-15-7-9-16(10-8-15)22-11-5-4-6-12-22/h7-10H,3-6,11-14H2,1-2H3,(H2,19,20,23,24). The van der Waals surface area contributed by atoms with Crippen molar-refractivity contribution in [2.75, 3.05) is 38.1 Å². The summed E-state index contributed by atoms with van der Waals surface area (Å²) < 4.78 is 0. The molecule has 1 saturated heterocycles. The van der Waals surface area contributed by atoms with Crippen molar-refractivity contribution >= 4 is 17.6 Å². The molecule has 2 N–H and O–H groups in total. The number of imide groups is 1. The van der Waals surface area contributed by atoms with E-state index < -0.39 is 6.03 Å². The van der Waals surface area contributed by atoms with Crippen LogP contribution in [0.4, 0.5) is 10.5 Å². The number of hydrogen-bond acceptors (Lipinski definition) is 4. The zero-order valence-corrected chi connectivity index (χ0v) is 14.7. The summed E-state index contributed by atoms with van der Waals surface area (Å²) in [7, 11) is 1.87. The van der Waals surface area contributed by atoms with Crippen LogP contribution in [0, 0.1) is 0 Å². The van der Waals surface area contributed by atoms with E-state index in [0.717, 1.165) is 18.7 Å². The average molecular weight is 332 g/mol. The van der Waals surface area contributed by atoms with Gasteiger partial charge in [0.15, 0.2) is 0 Å². The van der Waals surface area contributed by atoms with Gasteiger partial charge in [0.2, 0.25) is 5.91 Å². The van der Waals surface area contributed by atoms with Gasteiger partial charge in [-0.1, -0.05) is 12.1 Å². The normalized spacial score (nSPS) is 14.5. The van der Waals surface area contributed by atoms with Crippen LogP contribution in [0.25, 0.3) is 0 Å². The highest BCUT2D eigenvalue weighted by atomic mass is 16.2. The molecule has 0 saturated carbocycles. The summed E-state index contributed by atoms with van der Waals surface area (Å²) >= 11 is 0. The van der Waals surface area contributed by atoms with Crippen LogP contribution in [0.5, 0.6) is 0 Å². The maximum atomic E-state index is 11.8. The van der Waals surface area contributed by atoms with Gasteiger partial charge in [-0.3, -0.25) is 15.0 Å². The van der Waals surface area contributed by atoms with Crippen LogP contribution >= 0.6 is 0 Å². The van der Waals surface area contributed by atoms with Gasteiger partial charge in [0.25, 0.3) is 0 Å². The van der Waals surface area contributed by atoms with E-state index in [0.29, 0.717) is 13.1 Å². The Morgan fingerprint density at radius 2 is 1.79 bits per heavy atom. The molecule has 0 atom stereocenters. The largest absolute Gasteiger partial charge is 0.372 e. The number of hydrogen-bond donors (Lipinski definition) is 2. The van der Waals surface area contributed by atoms with Crippen molar-refractivity contribution in [2.45, 2.75) is 32.7 Å². The number of amides is 3. The van der Waals surface area contributed by atoms with Crippen LogP contribution in [-0.2, 0) is 11.3 Å². The monoisotopic (exact) mass is 332 g/mol. The number of carbonyl (C=O) groups excluding carboxylic acids is 2. The van der Waals surface area contributed by atoms with Gasteiger partial charge in [-0.05, 0) is 50.9 Å². The Morgan fingerprint density at radius 3 is 2.42 bits per heavy atom. The molecular formula is C18H28N4O2. The maximum Gasteiger partial charge on any atom is 0.321 e. The fourth-order valence-electron chi connectivity index (χ4n) is 2.95. The zero-order chi connectivity index (χ0) is 17.4. The van der Waals surface area contributed by atoms with Gasteiger partial charge >= 0.3 is 6.03 Å². The first kappa shape index (κ1) is 18.3. The second-order valence-corrected chi connectivity index (χ2v) is 6.29. The van der Waals surface area contributed by atoms with Gasteiger partial charge in [0.1, 0.15) is 0 Å². The Kier molecular flexibility index (Phi) is 7.06. The van der Waals surface area contributed by atoms with Crippen LogP contribution < -0.4 is 15.5 Å². The minimum atomic E-state index is -0.443. The number of anilines is 1. The van der Waals surface area contributed by atoms with Crippen LogP contribution in [0.2, 0.25) is 0 Å². The molecule has 1 aliphatic rings. The first-order valence-corrected chi connectivity index (χ1v) is 8.68. The smallest absolute Gasteiger partial charge is 0.321 e. The van der Waals surface area contributed by atoms with E-state index in [1.807, 2.05) is 18.9 Å². The first-order chi connectivity index (χ1) is 11.6. The van der Waals surface area contributed by atoms with Gasteiger partial charge in [-0.15, -0.1) is 0 Å². The summed E-state index contributed by atoms with van der Waals surface area (Å²) in [6, 6.07) is 8.10. The molecule has 132 valence electrons. The van der Waals surface area contributed by atoms with E-state index in [-0.39, 0.29) is 12.5 Å². The molecule has 1 aromatic rings. The highest BCUT2D eigenvalue weighted by Gasteiger charge is 2.12. The van der Waals surface area contributed by atoms with Gasteiger partial charge in [-0.2, -0.15) is 0 Å². The molecule has 24 heavy (non-hydrogen) atoms. The van der Waals surface area contributed by atoms with E-state index in [1.54, 1.807) is 0 Å². The average Bonchev–Trinajstić information content (AvgIpc) is 2.56. The predicted octanol–water partition coefficient (Wildman–Crippen LogP) is 1.95. The summed E-state index contributed by atoms with van der Waals surface area (Å²) in [6.45, 7) is 5.44. The number of benzene rings is 1. The van der Waals surface area contributed by atoms with Crippen molar-refractivity contribution in [1.29, 1.82) is 0 Å². The molecule has 0 aliphatic carbocycles. The number of piperidine rings is 1. The maximum absolute atomic E-state index is 11.8. The van der Waals surface area contributed by atoms with Crippen LogP contribution in [0.3, 0.4) is 0 Å². The van der Waals surface area contributed by atoms with E-state index in [2.05, 4.69) is 39.8 Å². The Labute approximate surface area is 144 Å². The molecule has 1 aromatic carbocycles. The van der Waals surface area contributed by atoms with E-state index in [1.165, 1.54) is 24.9 Å². The number of carbonyl (C=O) groups is 2. The van der Waals surface area contributed by atoms with Gasteiger partial charge in [0.05, 0.1) is 6.54 Å². The number of nitrogens with one attached hydrogen (secondary N) is 2. The Balaban J connectivity index is 1.79. The zero-order valence-electron chi connectivity index (χ0n) is 14.7. The fraction of sp³-hybridized carbons (Fsp3) is 0.556. The van der Waals surface area contributed by atoms with Gasteiger partial charge in [-0.25, -0.2) is 4.79 Å². The van der Waals surface area contributed by atoms with Gasteiger partial charge < -0.3 is 10.2 Å². The molecule has 0 spiro atoms. The quantitative estimate of drug-likeness (QED) is 0.836. The van der Waals surface area contributed by atoms with Crippen molar-refractivity contribution < 1.29 is 9.59 Å². The summed E-state index contributed by atoms with van der Waals surface area (Å²) in [5.74, 6) is -0.298. The molecule has 0 bridgehead atoms. The third-order valence-electron chi connectivity index (χ3n) is 4.11. The molecule has 1 aliphatic heterocycles. The summed E-state index contributed by atoms with van der Waals surface area (Å²) in [5, 5.41) is 4.86. The second kappa shape index (κ2) is 9.27. The lowest BCUT2D eigenvalue weighted by atomic mass is 10.1. The highest BCUT2D eigenvalue weighted by molar-refractivity contribution is 5.95. The minimum Gasteiger partial charge on any atom is -0.372 e. The molecule has 3 amide bonds. The Hall–Kier alpha value is -2.08. The predicted molar refractivity (Wildman–Crippen MR) is 96.1 cm³/mol. The summed E-state index contributed by atoms with van der Waals surface area (Å²) in [4.78, 5) is 27.4. The van der Waals surface area contributed by atoms with Gasteiger partial charge in [0, 0.05) is 31.9 Å². The van der Waals surface area contributed by atoms with Crippen molar-refractivity contribution in [3.05, 3.63) is 29.8 Å². The SMILES string of the molecule is CCNC(=O)NC(=O)CN(C)Cc1ccc(N2CCCCC2)cc1. The molecule has 0 unspecified atom stereocenters. The topological polar surface area (TPSA) is 64.7 Å².